The van der Waals surface area contributed by atoms with Crippen molar-refractivity contribution in [1.29, 1.82) is 0 Å². The van der Waals surface area contributed by atoms with E-state index in [2.05, 4.69) is 222 Å². The van der Waals surface area contributed by atoms with Crippen molar-refractivity contribution < 1.29 is 4.42 Å². The standard InChI is InChI=1S/C54H36N2O/c1-3-19-37(20-4-1)39-23-7-8-24-40(39)41-25-9-13-31-47(41)55(38-21-5-2-6-22-38)50-34-18-35-51-53(50)46-28-11-15-33-49(46)56(51)48-32-14-10-26-42(48)44-29-17-30-45-43-27-12-16-36-52(43)57-54(44)45/h1-36H. The van der Waals surface area contributed by atoms with Gasteiger partial charge in [-0.05, 0) is 65.2 Å². The molecule has 3 heteroatoms. The zero-order valence-electron chi connectivity index (χ0n) is 31.1. The van der Waals surface area contributed by atoms with Crippen LogP contribution in [0.25, 0.3) is 82.8 Å². The first-order valence-electron chi connectivity index (χ1n) is 19.4. The molecule has 0 fully saturated rings. The molecule has 0 aliphatic rings. The summed E-state index contributed by atoms with van der Waals surface area (Å²) in [4.78, 5) is 2.44. The molecular formula is C54H36N2O. The number of fused-ring (bicyclic) bond motifs is 6. The third-order valence-corrected chi connectivity index (χ3v) is 11.2. The number of benzene rings is 9. The fourth-order valence-electron chi connectivity index (χ4n) is 8.77. The number of furan rings is 1. The Hall–Kier alpha value is -7.62. The largest absolute Gasteiger partial charge is 0.455 e. The number of aromatic nitrogens is 1. The van der Waals surface area contributed by atoms with Crippen molar-refractivity contribution >= 4 is 60.8 Å². The van der Waals surface area contributed by atoms with Crippen LogP contribution in [0.3, 0.4) is 0 Å². The Labute approximate surface area is 330 Å². The van der Waals surface area contributed by atoms with E-state index < -0.39 is 0 Å². The van der Waals surface area contributed by atoms with Gasteiger partial charge in [0.05, 0.1) is 28.1 Å². The Kier molecular flexibility index (Phi) is 7.82. The van der Waals surface area contributed by atoms with Crippen LogP contribution in [0.1, 0.15) is 0 Å². The summed E-state index contributed by atoms with van der Waals surface area (Å²) in [5.41, 5.74) is 15.4. The van der Waals surface area contributed by atoms with Crippen molar-refractivity contribution in [2.75, 3.05) is 4.90 Å². The van der Waals surface area contributed by atoms with Crippen LogP contribution in [-0.4, -0.2) is 4.57 Å². The maximum atomic E-state index is 6.60. The summed E-state index contributed by atoms with van der Waals surface area (Å²) in [5, 5.41) is 4.61. The van der Waals surface area contributed by atoms with Crippen LogP contribution in [0, 0.1) is 0 Å². The van der Waals surface area contributed by atoms with Crippen molar-refractivity contribution in [1.82, 2.24) is 4.57 Å². The maximum Gasteiger partial charge on any atom is 0.143 e. The lowest BCUT2D eigenvalue weighted by atomic mass is 9.93. The Morgan fingerprint density at radius 1 is 0.351 bits per heavy atom. The van der Waals surface area contributed by atoms with E-state index in [1.165, 1.54) is 27.5 Å². The average Bonchev–Trinajstić information content (AvgIpc) is 3.84. The van der Waals surface area contributed by atoms with Crippen molar-refractivity contribution in [3.05, 3.63) is 218 Å². The molecule has 2 aromatic heterocycles. The first-order chi connectivity index (χ1) is 28.3. The number of anilines is 3. The molecule has 57 heavy (non-hydrogen) atoms. The second-order valence-corrected chi connectivity index (χ2v) is 14.4. The van der Waals surface area contributed by atoms with Gasteiger partial charge in [-0.3, -0.25) is 0 Å². The van der Waals surface area contributed by atoms with Gasteiger partial charge in [-0.2, -0.15) is 0 Å². The predicted octanol–water partition coefficient (Wildman–Crippen LogP) is 15.2. The number of hydrogen-bond acceptors (Lipinski definition) is 2. The van der Waals surface area contributed by atoms with Crippen LogP contribution < -0.4 is 4.90 Å². The molecule has 0 bridgehead atoms. The van der Waals surface area contributed by atoms with E-state index in [0.717, 1.165) is 72.4 Å². The molecule has 0 spiro atoms. The second-order valence-electron chi connectivity index (χ2n) is 14.4. The molecular weight excluding hydrogens is 693 g/mol. The van der Waals surface area contributed by atoms with Crippen LogP contribution in [-0.2, 0) is 0 Å². The molecule has 0 saturated heterocycles. The van der Waals surface area contributed by atoms with Gasteiger partial charge in [0.2, 0.25) is 0 Å². The molecule has 0 radical (unpaired) electrons. The summed E-state index contributed by atoms with van der Waals surface area (Å²) in [6, 6.07) is 78.1. The normalized spacial score (nSPS) is 11.5. The molecule has 3 nitrogen and oxygen atoms in total. The van der Waals surface area contributed by atoms with E-state index in [1.54, 1.807) is 0 Å². The number of hydrogen-bond donors (Lipinski definition) is 0. The summed E-state index contributed by atoms with van der Waals surface area (Å²) in [7, 11) is 0. The van der Waals surface area contributed by atoms with E-state index in [9.17, 15) is 0 Å². The SMILES string of the molecule is c1ccc(-c2ccccc2-c2ccccc2N(c2ccccc2)c2cccc3c2c2ccccc2n3-c2ccccc2-c2cccc3c2oc2ccccc23)cc1. The highest BCUT2D eigenvalue weighted by Gasteiger charge is 2.25. The number of para-hydroxylation sites is 6. The molecule has 0 amide bonds. The van der Waals surface area contributed by atoms with Crippen LogP contribution in [0.4, 0.5) is 17.1 Å². The summed E-state index contributed by atoms with van der Waals surface area (Å²) in [6.45, 7) is 0. The summed E-state index contributed by atoms with van der Waals surface area (Å²) in [5.74, 6) is 0. The highest BCUT2D eigenvalue weighted by molar-refractivity contribution is 6.18. The molecule has 0 atom stereocenters. The highest BCUT2D eigenvalue weighted by Crippen LogP contribution is 2.48. The Morgan fingerprint density at radius 2 is 0.912 bits per heavy atom. The van der Waals surface area contributed by atoms with Crippen LogP contribution in [0.2, 0.25) is 0 Å². The number of nitrogens with zero attached hydrogens (tertiary/aromatic N) is 2. The predicted molar refractivity (Wildman–Crippen MR) is 239 cm³/mol. The smallest absolute Gasteiger partial charge is 0.143 e. The molecule has 0 aliphatic heterocycles. The van der Waals surface area contributed by atoms with Gasteiger partial charge < -0.3 is 13.9 Å². The topological polar surface area (TPSA) is 21.3 Å². The molecule has 11 rings (SSSR count). The first kappa shape index (κ1) is 32.8. The monoisotopic (exact) mass is 728 g/mol. The van der Waals surface area contributed by atoms with Crippen molar-refractivity contribution in [3.8, 4) is 39.1 Å². The lowest BCUT2D eigenvalue weighted by Crippen LogP contribution is -2.11. The van der Waals surface area contributed by atoms with Crippen molar-refractivity contribution in [3.63, 3.8) is 0 Å². The highest BCUT2D eigenvalue weighted by atomic mass is 16.3. The Morgan fingerprint density at radius 3 is 1.75 bits per heavy atom. The lowest BCUT2D eigenvalue weighted by molar-refractivity contribution is 0.670. The first-order valence-corrected chi connectivity index (χ1v) is 19.4. The zero-order valence-corrected chi connectivity index (χ0v) is 31.1. The zero-order chi connectivity index (χ0) is 37.7. The Bertz CT molecular complexity index is 3250. The van der Waals surface area contributed by atoms with Gasteiger partial charge in [0.1, 0.15) is 11.2 Å². The summed E-state index contributed by atoms with van der Waals surface area (Å²) < 4.78 is 9.04. The molecule has 0 saturated carbocycles. The molecule has 2 heterocycles. The molecule has 0 N–H and O–H groups in total. The van der Waals surface area contributed by atoms with Crippen molar-refractivity contribution in [2.24, 2.45) is 0 Å². The van der Waals surface area contributed by atoms with Crippen LogP contribution in [0.5, 0.6) is 0 Å². The minimum absolute atomic E-state index is 0.895. The average molecular weight is 729 g/mol. The molecule has 9 aromatic carbocycles. The van der Waals surface area contributed by atoms with E-state index in [4.69, 9.17) is 4.42 Å². The van der Waals surface area contributed by atoms with Crippen LogP contribution >= 0.6 is 0 Å². The second kappa shape index (κ2) is 13.6. The van der Waals surface area contributed by atoms with E-state index >= 15 is 0 Å². The number of rotatable bonds is 7. The minimum Gasteiger partial charge on any atom is -0.455 e. The third-order valence-electron chi connectivity index (χ3n) is 11.2. The van der Waals surface area contributed by atoms with Gasteiger partial charge in [-0.25, -0.2) is 0 Å². The van der Waals surface area contributed by atoms with Gasteiger partial charge in [0.25, 0.3) is 0 Å². The molecule has 268 valence electrons. The quantitative estimate of drug-likeness (QED) is 0.163. The van der Waals surface area contributed by atoms with E-state index in [0.29, 0.717) is 0 Å². The third kappa shape index (κ3) is 5.36. The van der Waals surface area contributed by atoms with Gasteiger partial charge in [0, 0.05) is 43.9 Å². The van der Waals surface area contributed by atoms with Gasteiger partial charge in [-0.15, -0.1) is 0 Å². The summed E-state index contributed by atoms with van der Waals surface area (Å²) >= 11 is 0. The molecule has 0 aliphatic carbocycles. The maximum absolute atomic E-state index is 6.60. The fraction of sp³-hybridized carbons (Fsp3) is 0. The summed E-state index contributed by atoms with van der Waals surface area (Å²) in [6.07, 6.45) is 0. The molecule has 0 unspecified atom stereocenters. The minimum atomic E-state index is 0.895. The van der Waals surface area contributed by atoms with Crippen molar-refractivity contribution in [2.45, 2.75) is 0 Å². The lowest BCUT2D eigenvalue weighted by Gasteiger charge is -2.29. The van der Waals surface area contributed by atoms with Gasteiger partial charge >= 0.3 is 0 Å². The van der Waals surface area contributed by atoms with Gasteiger partial charge in [0.15, 0.2) is 0 Å². The Balaban J connectivity index is 1.18. The fourth-order valence-corrected chi connectivity index (χ4v) is 8.77. The van der Waals surface area contributed by atoms with Gasteiger partial charge in [-0.1, -0.05) is 170 Å². The van der Waals surface area contributed by atoms with E-state index in [1.807, 2.05) is 6.07 Å². The van der Waals surface area contributed by atoms with E-state index in [-0.39, 0.29) is 0 Å². The van der Waals surface area contributed by atoms with Crippen LogP contribution in [0.15, 0.2) is 223 Å². The molecule has 11 aromatic rings.